The van der Waals surface area contributed by atoms with Crippen LogP contribution in [0.5, 0.6) is 0 Å². The molecule has 1 aliphatic carbocycles. The zero-order valence-corrected chi connectivity index (χ0v) is 10.3. The molecule has 94 valence electrons. The summed E-state index contributed by atoms with van der Waals surface area (Å²) >= 11 is 0. The van der Waals surface area contributed by atoms with Gasteiger partial charge in [-0.2, -0.15) is 0 Å². The number of amides is 2. The van der Waals surface area contributed by atoms with Crippen LogP contribution < -0.4 is 16.4 Å². The molecule has 0 bridgehead atoms. The van der Waals surface area contributed by atoms with Crippen molar-refractivity contribution in [3.05, 3.63) is 54.3 Å². The van der Waals surface area contributed by atoms with E-state index in [9.17, 15) is 4.79 Å². The maximum absolute atomic E-state index is 11.9. The smallest absolute Gasteiger partial charge is 0.319 e. The summed E-state index contributed by atoms with van der Waals surface area (Å²) < 4.78 is 0. The Hall–Kier alpha value is -2.23. The topological polar surface area (TPSA) is 67.2 Å². The molecule has 1 unspecified atom stereocenters. The number of hydrogen-bond donors (Lipinski definition) is 3. The number of allylic oxidation sites excluding steroid dienone is 1. The van der Waals surface area contributed by atoms with Gasteiger partial charge in [-0.25, -0.2) is 4.79 Å². The number of nitrogens with two attached hydrogens (primary N) is 1. The molecule has 0 saturated heterocycles. The van der Waals surface area contributed by atoms with E-state index in [1.54, 1.807) is 0 Å². The first-order valence-electron chi connectivity index (χ1n) is 5.86. The van der Waals surface area contributed by atoms with Gasteiger partial charge in [0, 0.05) is 11.4 Å². The number of para-hydroxylation sites is 1. The van der Waals surface area contributed by atoms with Crippen molar-refractivity contribution in [2.75, 3.05) is 5.32 Å². The number of nitrogens with one attached hydrogen (secondary N) is 2. The molecule has 0 aromatic heterocycles. The van der Waals surface area contributed by atoms with Crippen LogP contribution in [0, 0.1) is 0 Å². The minimum atomic E-state index is -0.387. The van der Waals surface area contributed by atoms with Crippen LogP contribution in [0.2, 0.25) is 0 Å². The Balaban J connectivity index is 1.94. The summed E-state index contributed by atoms with van der Waals surface area (Å²) in [6, 6.07) is 9.12. The third-order valence-electron chi connectivity index (χ3n) is 2.84. The van der Waals surface area contributed by atoms with E-state index >= 15 is 0 Å². The van der Waals surface area contributed by atoms with Gasteiger partial charge in [-0.3, -0.25) is 0 Å². The first-order valence-corrected chi connectivity index (χ1v) is 5.86. The molecule has 0 aliphatic heterocycles. The minimum Gasteiger partial charge on any atom is -0.399 e. The fourth-order valence-electron chi connectivity index (χ4n) is 1.78. The summed E-state index contributed by atoms with van der Waals surface area (Å²) in [6.45, 7) is 1.96. The van der Waals surface area contributed by atoms with Gasteiger partial charge in [0.2, 0.25) is 0 Å². The van der Waals surface area contributed by atoms with Crippen LogP contribution in [-0.4, -0.2) is 11.6 Å². The van der Waals surface area contributed by atoms with Gasteiger partial charge in [-0.15, -0.1) is 0 Å². The SMILES string of the molecule is CC1(NC(=O)Nc2ccccc2)C=CC(N)=CC1. The van der Waals surface area contributed by atoms with Gasteiger partial charge in [0.15, 0.2) is 0 Å². The number of carbonyl (C=O) groups excluding carboxylic acids is 1. The molecule has 1 aromatic rings. The van der Waals surface area contributed by atoms with Gasteiger partial charge in [0.25, 0.3) is 0 Å². The van der Waals surface area contributed by atoms with E-state index in [4.69, 9.17) is 5.73 Å². The number of benzene rings is 1. The molecule has 2 rings (SSSR count). The maximum atomic E-state index is 11.9. The molecule has 0 spiro atoms. The number of carbonyl (C=O) groups is 1. The normalized spacial score (nSPS) is 22.2. The molecule has 0 radical (unpaired) electrons. The highest BCUT2D eigenvalue weighted by atomic mass is 16.2. The molecule has 4 nitrogen and oxygen atoms in total. The van der Waals surface area contributed by atoms with Gasteiger partial charge in [-0.05, 0) is 31.6 Å². The van der Waals surface area contributed by atoms with Crippen molar-refractivity contribution < 1.29 is 4.79 Å². The summed E-state index contributed by atoms with van der Waals surface area (Å²) in [5, 5.41) is 5.72. The van der Waals surface area contributed by atoms with Gasteiger partial charge >= 0.3 is 6.03 Å². The van der Waals surface area contributed by atoms with Crippen LogP contribution in [0.25, 0.3) is 0 Å². The number of rotatable bonds is 2. The Kier molecular flexibility index (Phi) is 3.37. The molecule has 1 aliphatic rings. The van der Waals surface area contributed by atoms with Crippen LogP contribution in [0.3, 0.4) is 0 Å². The van der Waals surface area contributed by atoms with Crippen LogP contribution in [0.1, 0.15) is 13.3 Å². The molecule has 0 fully saturated rings. The summed E-state index contributed by atoms with van der Waals surface area (Å²) in [7, 11) is 0. The highest BCUT2D eigenvalue weighted by Gasteiger charge is 2.24. The average molecular weight is 243 g/mol. The van der Waals surface area contributed by atoms with Crippen molar-refractivity contribution in [2.24, 2.45) is 5.73 Å². The van der Waals surface area contributed by atoms with Crippen molar-refractivity contribution in [1.82, 2.24) is 5.32 Å². The second-order valence-corrected chi connectivity index (χ2v) is 4.60. The lowest BCUT2D eigenvalue weighted by Gasteiger charge is -2.28. The van der Waals surface area contributed by atoms with E-state index in [-0.39, 0.29) is 11.6 Å². The quantitative estimate of drug-likeness (QED) is 0.746. The number of anilines is 1. The van der Waals surface area contributed by atoms with Crippen LogP contribution in [0.15, 0.2) is 54.3 Å². The van der Waals surface area contributed by atoms with E-state index in [2.05, 4.69) is 10.6 Å². The fraction of sp³-hybridized carbons (Fsp3) is 0.214. The third kappa shape index (κ3) is 3.13. The van der Waals surface area contributed by atoms with Crippen LogP contribution >= 0.6 is 0 Å². The van der Waals surface area contributed by atoms with Crippen LogP contribution in [0.4, 0.5) is 10.5 Å². The predicted octanol–water partition coefficient (Wildman–Crippen LogP) is 2.37. The van der Waals surface area contributed by atoms with Crippen molar-refractivity contribution in [3.63, 3.8) is 0 Å². The van der Waals surface area contributed by atoms with E-state index in [1.807, 2.05) is 55.5 Å². The molecule has 0 saturated carbocycles. The Labute approximate surface area is 107 Å². The van der Waals surface area contributed by atoms with E-state index < -0.39 is 0 Å². The molecule has 0 heterocycles. The number of hydrogen-bond acceptors (Lipinski definition) is 2. The summed E-state index contributed by atoms with van der Waals surface area (Å²) in [5.41, 5.74) is 6.77. The largest absolute Gasteiger partial charge is 0.399 e. The van der Waals surface area contributed by atoms with E-state index in [0.717, 1.165) is 11.4 Å². The second-order valence-electron chi connectivity index (χ2n) is 4.60. The zero-order chi connectivity index (χ0) is 13.0. The second kappa shape index (κ2) is 4.96. The highest BCUT2D eigenvalue weighted by molar-refractivity contribution is 5.89. The standard InChI is InChI=1S/C14H17N3O/c1-14(9-7-11(15)8-10-14)17-13(18)16-12-5-3-2-4-6-12/h2-9H,10,15H2,1H3,(H2,16,17,18). The van der Waals surface area contributed by atoms with E-state index in [1.165, 1.54) is 0 Å². The summed E-state index contributed by atoms with van der Waals surface area (Å²) in [4.78, 5) is 11.9. The van der Waals surface area contributed by atoms with Gasteiger partial charge in [0.1, 0.15) is 0 Å². The molecular formula is C14H17N3O. The fourth-order valence-corrected chi connectivity index (χ4v) is 1.78. The molecule has 18 heavy (non-hydrogen) atoms. The first-order chi connectivity index (χ1) is 8.57. The molecule has 4 N–H and O–H groups in total. The average Bonchev–Trinajstić information content (AvgIpc) is 2.34. The lowest BCUT2D eigenvalue weighted by atomic mass is 9.93. The molecule has 4 heteroatoms. The van der Waals surface area contributed by atoms with Crippen molar-refractivity contribution >= 4 is 11.7 Å². The van der Waals surface area contributed by atoms with Gasteiger partial charge in [-0.1, -0.05) is 30.4 Å². The lowest BCUT2D eigenvalue weighted by Crippen LogP contribution is -2.47. The van der Waals surface area contributed by atoms with Gasteiger partial charge < -0.3 is 16.4 Å². The third-order valence-corrected chi connectivity index (χ3v) is 2.84. The molecule has 1 aromatic carbocycles. The zero-order valence-electron chi connectivity index (χ0n) is 10.3. The summed E-state index contributed by atoms with van der Waals surface area (Å²) in [5.74, 6) is 0. The van der Waals surface area contributed by atoms with Crippen LogP contribution in [-0.2, 0) is 0 Å². The Morgan fingerprint density at radius 2 is 2.06 bits per heavy atom. The Morgan fingerprint density at radius 3 is 2.67 bits per heavy atom. The first kappa shape index (κ1) is 12.2. The van der Waals surface area contributed by atoms with E-state index in [0.29, 0.717) is 6.42 Å². The molecule has 2 amide bonds. The number of urea groups is 1. The monoisotopic (exact) mass is 243 g/mol. The summed E-state index contributed by atoms with van der Waals surface area (Å²) in [6.07, 6.45) is 6.32. The minimum absolute atomic E-state index is 0.220. The Bertz CT molecular complexity index is 493. The van der Waals surface area contributed by atoms with Crippen molar-refractivity contribution in [2.45, 2.75) is 18.9 Å². The van der Waals surface area contributed by atoms with Crippen molar-refractivity contribution in [1.29, 1.82) is 0 Å². The highest BCUT2D eigenvalue weighted by Crippen LogP contribution is 2.18. The maximum Gasteiger partial charge on any atom is 0.319 e. The van der Waals surface area contributed by atoms with Gasteiger partial charge in [0.05, 0.1) is 5.54 Å². The molecule has 1 atom stereocenters. The van der Waals surface area contributed by atoms with Crippen molar-refractivity contribution in [3.8, 4) is 0 Å². The predicted molar refractivity (Wildman–Crippen MR) is 73.0 cm³/mol. The Morgan fingerprint density at radius 1 is 1.33 bits per heavy atom. The lowest BCUT2D eigenvalue weighted by molar-refractivity contribution is 0.244. The molecular weight excluding hydrogens is 226 g/mol.